The van der Waals surface area contributed by atoms with Crippen molar-refractivity contribution in [2.75, 3.05) is 6.61 Å². The molecule has 3 heteroatoms. The number of rotatable bonds is 4. The molecule has 2 rings (SSSR count). The van der Waals surface area contributed by atoms with Crippen LogP contribution < -0.4 is 0 Å². The normalized spacial score (nSPS) is 36.6. The van der Waals surface area contributed by atoms with Gasteiger partial charge in [-0.1, -0.05) is 19.8 Å². The molecule has 2 fully saturated rings. The maximum absolute atomic E-state index is 6.08. The van der Waals surface area contributed by atoms with Crippen LogP contribution >= 0.6 is 0 Å². The Morgan fingerprint density at radius 3 is 2.86 bits per heavy atom. The van der Waals surface area contributed by atoms with E-state index in [9.17, 15) is 0 Å². The fourth-order valence-electron chi connectivity index (χ4n) is 2.16. The van der Waals surface area contributed by atoms with Gasteiger partial charge < -0.3 is 9.16 Å². The fourth-order valence-corrected chi connectivity index (χ4v) is 3.00. The van der Waals surface area contributed by atoms with Gasteiger partial charge in [0.1, 0.15) is 5.60 Å². The lowest BCUT2D eigenvalue weighted by molar-refractivity contribution is 0.173. The van der Waals surface area contributed by atoms with Crippen molar-refractivity contribution < 1.29 is 9.16 Å². The number of epoxide rings is 1. The van der Waals surface area contributed by atoms with Crippen molar-refractivity contribution in [3.05, 3.63) is 0 Å². The Morgan fingerprint density at radius 1 is 1.43 bits per heavy atom. The zero-order chi connectivity index (χ0) is 10.2. The minimum atomic E-state index is -1.36. The molecule has 82 valence electrons. The van der Waals surface area contributed by atoms with E-state index in [0.29, 0.717) is 6.10 Å². The van der Waals surface area contributed by atoms with E-state index in [1.165, 1.54) is 31.7 Å². The predicted molar refractivity (Wildman–Crippen MR) is 60.0 cm³/mol. The topological polar surface area (TPSA) is 21.8 Å². The molecule has 2 atom stereocenters. The highest BCUT2D eigenvalue weighted by Gasteiger charge is 2.57. The molecule has 1 aliphatic carbocycles. The molecule has 0 radical (unpaired) electrons. The summed E-state index contributed by atoms with van der Waals surface area (Å²) in [5.74, 6) is 0. The van der Waals surface area contributed by atoms with Crippen LogP contribution in [0.25, 0.3) is 0 Å². The highest BCUT2D eigenvalue weighted by Crippen LogP contribution is 2.48. The molecule has 2 aliphatic rings. The molecule has 2 nitrogen and oxygen atoms in total. The van der Waals surface area contributed by atoms with Gasteiger partial charge in [-0.05, 0) is 32.0 Å². The standard InChI is InChI=1S/C11H22O2Si/c1-4-14(2,3)12-9-11-8-6-5-7-10(11)13-11/h10H,4-9H2,1-3H3. The molecule has 0 N–H and O–H groups in total. The second kappa shape index (κ2) is 3.61. The Morgan fingerprint density at radius 2 is 2.21 bits per heavy atom. The van der Waals surface area contributed by atoms with E-state index in [1.54, 1.807) is 0 Å². The van der Waals surface area contributed by atoms with Gasteiger partial charge in [0.05, 0.1) is 12.7 Å². The second-order valence-electron chi connectivity index (χ2n) is 5.32. The SMILES string of the molecule is CC[Si](C)(C)OCC12CCCCC1O2. The lowest BCUT2D eigenvalue weighted by Gasteiger charge is -2.25. The van der Waals surface area contributed by atoms with Gasteiger partial charge in [0, 0.05) is 0 Å². The third-order valence-corrected chi connectivity index (χ3v) is 6.41. The smallest absolute Gasteiger partial charge is 0.186 e. The van der Waals surface area contributed by atoms with E-state index in [2.05, 4.69) is 20.0 Å². The average Bonchev–Trinajstić information content (AvgIpc) is 2.90. The van der Waals surface area contributed by atoms with Crippen LogP contribution in [0.1, 0.15) is 32.6 Å². The van der Waals surface area contributed by atoms with Gasteiger partial charge in [-0.2, -0.15) is 0 Å². The van der Waals surface area contributed by atoms with Crippen molar-refractivity contribution in [1.29, 1.82) is 0 Å². The fraction of sp³-hybridized carbons (Fsp3) is 1.00. The summed E-state index contributed by atoms with van der Waals surface area (Å²) < 4.78 is 11.9. The minimum absolute atomic E-state index is 0.164. The molecule has 0 bridgehead atoms. The summed E-state index contributed by atoms with van der Waals surface area (Å²) in [6, 6.07) is 1.20. The lowest BCUT2D eigenvalue weighted by atomic mass is 9.90. The summed E-state index contributed by atoms with van der Waals surface area (Å²) in [6.45, 7) is 7.69. The molecule has 14 heavy (non-hydrogen) atoms. The first-order valence-electron chi connectivity index (χ1n) is 5.90. The lowest BCUT2D eigenvalue weighted by Crippen LogP contribution is -2.36. The maximum atomic E-state index is 6.08. The van der Waals surface area contributed by atoms with Crippen LogP contribution in [0, 0.1) is 0 Å². The van der Waals surface area contributed by atoms with Gasteiger partial charge in [0.2, 0.25) is 0 Å². The Labute approximate surface area is 88.1 Å². The number of hydrogen-bond donors (Lipinski definition) is 0. The van der Waals surface area contributed by atoms with Gasteiger partial charge in [-0.3, -0.25) is 0 Å². The summed E-state index contributed by atoms with van der Waals surface area (Å²) in [6.07, 6.45) is 5.70. The van der Waals surface area contributed by atoms with Gasteiger partial charge in [-0.15, -0.1) is 0 Å². The van der Waals surface area contributed by atoms with Crippen LogP contribution in [0.2, 0.25) is 19.1 Å². The van der Waals surface area contributed by atoms with E-state index < -0.39 is 8.32 Å². The zero-order valence-electron chi connectivity index (χ0n) is 9.64. The van der Waals surface area contributed by atoms with Crippen LogP contribution in [0.3, 0.4) is 0 Å². The molecule has 2 unspecified atom stereocenters. The quantitative estimate of drug-likeness (QED) is 0.530. The molecule has 1 aliphatic heterocycles. The molecule has 0 aromatic rings. The third kappa shape index (κ3) is 2.04. The number of fused-ring (bicyclic) bond motifs is 1. The van der Waals surface area contributed by atoms with Gasteiger partial charge in [-0.25, -0.2) is 0 Å². The minimum Gasteiger partial charge on any atom is -0.414 e. The third-order valence-electron chi connectivity index (χ3n) is 3.78. The first-order chi connectivity index (χ1) is 6.58. The van der Waals surface area contributed by atoms with E-state index >= 15 is 0 Å². The Balaban J connectivity index is 1.81. The van der Waals surface area contributed by atoms with Crippen molar-refractivity contribution >= 4 is 8.32 Å². The molecule has 0 aromatic heterocycles. The van der Waals surface area contributed by atoms with E-state index in [1.807, 2.05) is 0 Å². The molecule has 1 saturated carbocycles. The first-order valence-corrected chi connectivity index (χ1v) is 9.01. The summed E-state index contributed by atoms with van der Waals surface area (Å²) in [5.41, 5.74) is 0.164. The van der Waals surface area contributed by atoms with Crippen LogP contribution in [-0.2, 0) is 9.16 Å². The van der Waals surface area contributed by atoms with Crippen LogP contribution in [0.15, 0.2) is 0 Å². The molecular weight excluding hydrogens is 192 g/mol. The molecule has 0 aromatic carbocycles. The van der Waals surface area contributed by atoms with E-state index in [0.717, 1.165) is 6.61 Å². The van der Waals surface area contributed by atoms with Crippen molar-refractivity contribution in [3.63, 3.8) is 0 Å². The van der Waals surface area contributed by atoms with Crippen LogP contribution in [0.5, 0.6) is 0 Å². The van der Waals surface area contributed by atoms with Gasteiger partial charge in [0.25, 0.3) is 0 Å². The number of ether oxygens (including phenoxy) is 1. The highest BCUT2D eigenvalue weighted by atomic mass is 28.4. The summed E-state index contributed by atoms with van der Waals surface area (Å²) in [4.78, 5) is 0. The van der Waals surface area contributed by atoms with E-state index in [-0.39, 0.29) is 5.60 Å². The molecule has 0 spiro atoms. The number of hydrogen-bond acceptors (Lipinski definition) is 2. The Kier molecular flexibility index (Phi) is 2.75. The van der Waals surface area contributed by atoms with Crippen molar-refractivity contribution in [2.45, 2.75) is 63.5 Å². The average molecular weight is 214 g/mol. The van der Waals surface area contributed by atoms with Gasteiger partial charge in [0.15, 0.2) is 8.32 Å². The maximum Gasteiger partial charge on any atom is 0.186 e. The van der Waals surface area contributed by atoms with Crippen molar-refractivity contribution in [1.82, 2.24) is 0 Å². The summed E-state index contributed by atoms with van der Waals surface area (Å²) >= 11 is 0. The van der Waals surface area contributed by atoms with Crippen LogP contribution in [0.4, 0.5) is 0 Å². The predicted octanol–water partition coefficient (Wildman–Crippen LogP) is 2.94. The second-order valence-corrected chi connectivity index (χ2v) is 9.83. The zero-order valence-corrected chi connectivity index (χ0v) is 10.6. The Bertz CT molecular complexity index is 217. The Hall–Kier alpha value is 0.137. The van der Waals surface area contributed by atoms with E-state index in [4.69, 9.17) is 9.16 Å². The largest absolute Gasteiger partial charge is 0.414 e. The first kappa shape index (κ1) is 10.6. The van der Waals surface area contributed by atoms with Crippen LogP contribution in [-0.4, -0.2) is 26.6 Å². The molecular formula is C11H22O2Si. The van der Waals surface area contributed by atoms with Crippen molar-refractivity contribution in [2.24, 2.45) is 0 Å². The summed E-state index contributed by atoms with van der Waals surface area (Å²) in [5, 5.41) is 0. The van der Waals surface area contributed by atoms with Gasteiger partial charge >= 0.3 is 0 Å². The highest BCUT2D eigenvalue weighted by molar-refractivity contribution is 6.71. The molecule has 0 amide bonds. The summed E-state index contributed by atoms with van der Waals surface area (Å²) in [7, 11) is -1.36. The monoisotopic (exact) mass is 214 g/mol. The molecule has 1 saturated heterocycles. The van der Waals surface area contributed by atoms with Crippen molar-refractivity contribution in [3.8, 4) is 0 Å². The molecule has 1 heterocycles.